The number of halogens is 1. The number of hydrogen-bond acceptors (Lipinski definition) is 4. The van der Waals surface area contributed by atoms with Crippen molar-refractivity contribution in [1.29, 1.82) is 0 Å². The molecular weight excluding hydrogens is 277 g/mol. The summed E-state index contributed by atoms with van der Waals surface area (Å²) >= 11 is 0. The van der Waals surface area contributed by atoms with Crippen molar-refractivity contribution in [3.05, 3.63) is 59.0 Å². The van der Waals surface area contributed by atoms with Crippen LogP contribution in [0.3, 0.4) is 0 Å². The van der Waals surface area contributed by atoms with Crippen LogP contribution in [0.1, 0.15) is 0 Å². The van der Waals surface area contributed by atoms with Gasteiger partial charge >= 0.3 is 0 Å². The largest absolute Gasteiger partial charge is 0.484 e. The standard InChI is InChI=1S/C14H14FN3O3/c15-11-1-3-12(4-2-11)21-9-13(19)17-7-8-18-10-16-6-5-14(18)20/h1-6,10H,7-9H2,(H,17,19). The molecule has 0 aliphatic heterocycles. The second kappa shape index (κ2) is 7.18. The number of carbonyl (C=O) groups excluding carboxylic acids is 1. The molecule has 1 heterocycles. The quantitative estimate of drug-likeness (QED) is 0.845. The summed E-state index contributed by atoms with van der Waals surface area (Å²) in [7, 11) is 0. The molecule has 0 fully saturated rings. The molecule has 21 heavy (non-hydrogen) atoms. The van der Waals surface area contributed by atoms with E-state index in [0.29, 0.717) is 12.3 Å². The minimum atomic E-state index is -0.367. The lowest BCUT2D eigenvalue weighted by molar-refractivity contribution is -0.123. The summed E-state index contributed by atoms with van der Waals surface area (Å²) in [5.74, 6) is -0.278. The molecule has 6 nitrogen and oxygen atoms in total. The maximum atomic E-state index is 12.7. The van der Waals surface area contributed by atoms with Gasteiger partial charge < -0.3 is 10.1 Å². The number of nitrogens with one attached hydrogen (secondary N) is 1. The minimum Gasteiger partial charge on any atom is -0.484 e. The summed E-state index contributed by atoms with van der Waals surface area (Å²) in [5, 5.41) is 2.61. The second-order valence-corrected chi connectivity index (χ2v) is 4.20. The van der Waals surface area contributed by atoms with Crippen molar-refractivity contribution in [3.63, 3.8) is 0 Å². The van der Waals surface area contributed by atoms with Gasteiger partial charge in [0.1, 0.15) is 11.6 Å². The Morgan fingerprint density at radius 1 is 1.29 bits per heavy atom. The fraction of sp³-hybridized carbons (Fsp3) is 0.214. The molecule has 1 aromatic heterocycles. The van der Waals surface area contributed by atoms with Gasteiger partial charge in [-0.1, -0.05) is 0 Å². The lowest BCUT2D eigenvalue weighted by Gasteiger charge is -2.08. The zero-order valence-corrected chi connectivity index (χ0v) is 11.2. The third-order valence-corrected chi connectivity index (χ3v) is 2.65. The molecule has 1 amide bonds. The fourth-order valence-corrected chi connectivity index (χ4v) is 1.59. The number of carbonyl (C=O) groups is 1. The molecule has 110 valence electrons. The fourth-order valence-electron chi connectivity index (χ4n) is 1.59. The molecule has 0 saturated heterocycles. The Hall–Kier alpha value is -2.70. The lowest BCUT2D eigenvalue weighted by atomic mass is 10.3. The monoisotopic (exact) mass is 291 g/mol. The van der Waals surface area contributed by atoms with Crippen molar-refractivity contribution in [2.75, 3.05) is 13.2 Å². The van der Waals surface area contributed by atoms with Gasteiger partial charge in [-0.05, 0) is 24.3 Å². The third-order valence-electron chi connectivity index (χ3n) is 2.65. The molecule has 0 spiro atoms. The number of amides is 1. The molecule has 7 heteroatoms. The molecule has 0 saturated carbocycles. The first-order valence-electron chi connectivity index (χ1n) is 6.30. The second-order valence-electron chi connectivity index (χ2n) is 4.20. The van der Waals surface area contributed by atoms with Crippen molar-refractivity contribution in [2.24, 2.45) is 0 Å². The third kappa shape index (κ3) is 4.72. The van der Waals surface area contributed by atoms with E-state index in [1.807, 2.05) is 0 Å². The van der Waals surface area contributed by atoms with Crippen LogP contribution in [0, 0.1) is 5.82 Å². The van der Waals surface area contributed by atoms with Crippen LogP contribution in [-0.2, 0) is 11.3 Å². The Morgan fingerprint density at radius 3 is 2.76 bits per heavy atom. The van der Waals surface area contributed by atoms with E-state index < -0.39 is 0 Å². The summed E-state index contributed by atoms with van der Waals surface area (Å²) in [6.07, 6.45) is 2.82. The number of nitrogens with zero attached hydrogens (tertiary/aromatic N) is 2. The van der Waals surface area contributed by atoms with Gasteiger partial charge in [0.15, 0.2) is 6.61 Å². The molecule has 0 aliphatic carbocycles. The summed E-state index contributed by atoms with van der Waals surface area (Å²) in [4.78, 5) is 26.8. The van der Waals surface area contributed by atoms with Gasteiger partial charge in [0, 0.05) is 25.4 Å². The van der Waals surface area contributed by atoms with Gasteiger partial charge in [-0.15, -0.1) is 0 Å². The normalized spacial score (nSPS) is 10.1. The van der Waals surface area contributed by atoms with Crippen LogP contribution in [0.2, 0.25) is 0 Å². The topological polar surface area (TPSA) is 73.2 Å². The predicted octanol–water partition coefficient (Wildman–Crippen LogP) is 0.578. The highest BCUT2D eigenvalue weighted by atomic mass is 19.1. The average Bonchev–Trinajstić information content (AvgIpc) is 2.49. The van der Waals surface area contributed by atoms with Gasteiger partial charge in [0.25, 0.3) is 11.5 Å². The van der Waals surface area contributed by atoms with E-state index in [1.165, 1.54) is 47.4 Å². The van der Waals surface area contributed by atoms with E-state index in [2.05, 4.69) is 10.3 Å². The molecule has 0 aliphatic rings. The zero-order valence-electron chi connectivity index (χ0n) is 11.2. The van der Waals surface area contributed by atoms with E-state index in [-0.39, 0.29) is 30.4 Å². The van der Waals surface area contributed by atoms with Gasteiger partial charge in [-0.2, -0.15) is 0 Å². The Labute approximate surface area is 120 Å². The van der Waals surface area contributed by atoms with E-state index in [1.54, 1.807) is 0 Å². The molecule has 0 radical (unpaired) electrons. The van der Waals surface area contributed by atoms with Crippen molar-refractivity contribution in [2.45, 2.75) is 6.54 Å². The Bertz CT molecular complexity index is 655. The van der Waals surface area contributed by atoms with E-state index in [9.17, 15) is 14.0 Å². The van der Waals surface area contributed by atoms with Crippen molar-refractivity contribution >= 4 is 5.91 Å². The van der Waals surface area contributed by atoms with E-state index in [0.717, 1.165) is 0 Å². The molecule has 1 N–H and O–H groups in total. The van der Waals surface area contributed by atoms with E-state index >= 15 is 0 Å². The number of ether oxygens (including phenoxy) is 1. The molecule has 2 aromatic rings. The summed E-state index contributed by atoms with van der Waals surface area (Å²) in [5.41, 5.74) is -0.179. The minimum absolute atomic E-state index is 0.173. The first-order valence-corrected chi connectivity index (χ1v) is 6.30. The smallest absolute Gasteiger partial charge is 0.258 e. The summed E-state index contributed by atoms with van der Waals surface area (Å²) in [6.45, 7) is 0.444. The van der Waals surface area contributed by atoms with Crippen molar-refractivity contribution in [3.8, 4) is 5.75 Å². The number of benzene rings is 1. The van der Waals surface area contributed by atoms with Crippen LogP contribution in [-0.4, -0.2) is 28.6 Å². The summed E-state index contributed by atoms with van der Waals surface area (Å²) < 4.78 is 19.3. The molecular formula is C14H14FN3O3. The van der Waals surface area contributed by atoms with Gasteiger partial charge in [0.2, 0.25) is 0 Å². The van der Waals surface area contributed by atoms with Gasteiger partial charge in [-0.3, -0.25) is 14.2 Å². The maximum absolute atomic E-state index is 12.7. The van der Waals surface area contributed by atoms with Crippen LogP contribution >= 0.6 is 0 Å². The Balaban J connectivity index is 1.71. The molecule has 1 aromatic carbocycles. The first kappa shape index (κ1) is 14.7. The Kier molecular flexibility index (Phi) is 5.03. The van der Waals surface area contributed by atoms with Crippen LogP contribution < -0.4 is 15.6 Å². The molecule has 0 bridgehead atoms. The van der Waals surface area contributed by atoms with E-state index in [4.69, 9.17) is 4.74 Å². The molecule has 0 unspecified atom stereocenters. The summed E-state index contributed by atoms with van der Waals surface area (Å²) in [6, 6.07) is 6.74. The maximum Gasteiger partial charge on any atom is 0.258 e. The highest BCUT2D eigenvalue weighted by Gasteiger charge is 2.03. The van der Waals surface area contributed by atoms with Crippen LogP contribution in [0.25, 0.3) is 0 Å². The van der Waals surface area contributed by atoms with Gasteiger partial charge in [-0.25, -0.2) is 9.37 Å². The number of rotatable bonds is 6. The number of hydrogen-bond donors (Lipinski definition) is 1. The van der Waals surface area contributed by atoms with Crippen molar-refractivity contribution < 1.29 is 13.9 Å². The number of aromatic nitrogens is 2. The molecule has 0 atom stereocenters. The van der Waals surface area contributed by atoms with Crippen molar-refractivity contribution in [1.82, 2.24) is 14.9 Å². The zero-order chi connectivity index (χ0) is 15.1. The van der Waals surface area contributed by atoms with Crippen LogP contribution in [0.4, 0.5) is 4.39 Å². The SMILES string of the molecule is O=C(COc1ccc(F)cc1)NCCn1cnccc1=O. The highest BCUT2D eigenvalue weighted by Crippen LogP contribution is 2.10. The molecule has 2 rings (SSSR count). The van der Waals surface area contributed by atoms with Gasteiger partial charge in [0.05, 0.1) is 6.33 Å². The average molecular weight is 291 g/mol. The predicted molar refractivity (Wildman–Crippen MR) is 73.4 cm³/mol. The van der Waals surface area contributed by atoms with Crippen LogP contribution in [0.5, 0.6) is 5.75 Å². The van der Waals surface area contributed by atoms with Crippen LogP contribution in [0.15, 0.2) is 47.7 Å². The first-order chi connectivity index (χ1) is 10.1. The Morgan fingerprint density at radius 2 is 2.05 bits per heavy atom. The highest BCUT2D eigenvalue weighted by molar-refractivity contribution is 5.77. The lowest BCUT2D eigenvalue weighted by Crippen LogP contribution is -2.33.